The number of ether oxygens (including phenoxy) is 1. The molecule has 0 spiro atoms. The van der Waals surface area contributed by atoms with E-state index in [1.807, 2.05) is 12.1 Å². The molecule has 0 saturated heterocycles. The van der Waals surface area contributed by atoms with E-state index < -0.39 is 6.09 Å². The Morgan fingerprint density at radius 2 is 2.11 bits per heavy atom. The summed E-state index contributed by atoms with van der Waals surface area (Å²) in [4.78, 5) is 15.4. The molecule has 1 amide bonds. The number of hydrogen-bond donors (Lipinski definition) is 1. The minimum absolute atomic E-state index is 0.101. The van der Waals surface area contributed by atoms with E-state index in [2.05, 4.69) is 10.3 Å². The van der Waals surface area contributed by atoms with Gasteiger partial charge in [-0.15, -0.1) is 0 Å². The van der Waals surface area contributed by atoms with Crippen molar-refractivity contribution in [1.82, 2.24) is 4.98 Å². The van der Waals surface area contributed by atoms with E-state index in [1.54, 1.807) is 24.3 Å². The number of nitriles is 1. The van der Waals surface area contributed by atoms with Crippen molar-refractivity contribution in [1.29, 1.82) is 5.26 Å². The average Bonchev–Trinajstić information content (AvgIpc) is 2.40. The molecule has 0 aliphatic carbocycles. The lowest BCUT2D eigenvalue weighted by molar-refractivity contribution is 0.215. The Hall–Kier alpha value is -2.58. The van der Waals surface area contributed by atoms with Crippen LogP contribution in [0.1, 0.15) is 5.69 Å². The fraction of sp³-hybridized carbons (Fsp3) is 0. The molecule has 0 radical (unpaired) electrons. The number of nitrogens with zero attached hydrogens (tertiary/aromatic N) is 2. The number of rotatable bonds is 2. The summed E-state index contributed by atoms with van der Waals surface area (Å²) in [5.41, 5.74) is 0.452. The Bertz CT molecular complexity index is 638. The van der Waals surface area contributed by atoms with Gasteiger partial charge in [-0.25, -0.2) is 9.78 Å². The molecular formula is C13H8ClN3O2. The second kappa shape index (κ2) is 5.85. The molecule has 5 nitrogen and oxygen atoms in total. The van der Waals surface area contributed by atoms with Gasteiger partial charge in [-0.2, -0.15) is 5.26 Å². The quantitative estimate of drug-likeness (QED) is 0.911. The first-order chi connectivity index (χ1) is 9.19. The maximum Gasteiger partial charge on any atom is 0.417 e. The first kappa shape index (κ1) is 12.9. The van der Waals surface area contributed by atoms with Gasteiger partial charge in [-0.05, 0) is 18.2 Å². The van der Waals surface area contributed by atoms with Crippen LogP contribution >= 0.6 is 11.6 Å². The number of nitrogens with one attached hydrogen (secondary N) is 1. The highest BCUT2D eigenvalue weighted by Crippen LogP contribution is 2.18. The molecule has 0 unspecified atom stereocenters. The molecule has 19 heavy (non-hydrogen) atoms. The molecule has 94 valence electrons. The van der Waals surface area contributed by atoms with E-state index in [4.69, 9.17) is 21.6 Å². The fourth-order valence-electron chi connectivity index (χ4n) is 1.33. The number of hydrogen-bond acceptors (Lipinski definition) is 4. The number of aromatic nitrogens is 1. The fourth-order valence-corrected chi connectivity index (χ4v) is 1.54. The summed E-state index contributed by atoms with van der Waals surface area (Å²) >= 11 is 5.80. The van der Waals surface area contributed by atoms with E-state index in [9.17, 15) is 4.79 Å². The van der Waals surface area contributed by atoms with Crippen molar-refractivity contribution in [2.45, 2.75) is 0 Å². The Morgan fingerprint density at radius 1 is 1.37 bits per heavy atom. The molecule has 0 aliphatic rings. The molecule has 0 saturated carbocycles. The summed E-state index contributed by atoms with van der Waals surface area (Å²) in [7, 11) is 0. The second-order valence-corrected chi connectivity index (χ2v) is 3.90. The van der Waals surface area contributed by atoms with Crippen LogP contribution in [0.5, 0.6) is 5.75 Å². The van der Waals surface area contributed by atoms with E-state index >= 15 is 0 Å². The third kappa shape index (κ3) is 3.44. The van der Waals surface area contributed by atoms with Gasteiger partial charge in [0.2, 0.25) is 0 Å². The van der Waals surface area contributed by atoms with Crippen molar-refractivity contribution in [3.05, 3.63) is 53.3 Å². The van der Waals surface area contributed by atoms with Crippen molar-refractivity contribution >= 4 is 23.4 Å². The monoisotopic (exact) mass is 273 g/mol. The molecule has 1 aromatic heterocycles. The zero-order valence-electron chi connectivity index (χ0n) is 9.63. The lowest BCUT2D eigenvalue weighted by Crippen LogP contribution is -2.16. The van der Waals surface area contributed by atoms with Crippen LogP contribution in [0.25, 0.3) is 0 Å². The van der Waals surface area contributed by atoms with Gasteiger partial charge in [0.15, 0.2) is 5.69 Å². The summed E-state index contributed by atoms with van der Waals surface area (Å²) < 4.78 is 5.03. The molecule has 0 bridgehead atoms. The van der Waals surface area contributed by atoms with E-state index in [0.717, 1.165) is 0 Å². The third-order valence-electron chi connectivity index (χ3n) is 2.15. The number of carbonyl (C=O) groups is 1. The van der Waals surface area contributed by atoms with Crippen molar-refractivity contribution < 1.29 is 9.53 Å². The molecular weight excluding hydrogens is 266 g/mol. The van der Waals surface area contributed by atoms with Gasteiger partial charge >= 0.3 is 6.09 Å². The Balaban J connectivity index is 2.04. The predicted octanol–water partition coefficient (Wildman–Crippen LogP) is 3.22. The summed E-state index contributed by atoms with van der Waals surface area (Å²) in [6.07, 6.45) is 0.672. The minimum atomic E-state index is -0.659. The average molecular weight is 274 g/mol. The second-order valence-electron chi connectivity index (χ2n) is 3.49. The number of anilines is 1. The molecule has 1 N–H and O–H groups in total. The Kier molecular flexibility index (Phi) is 3.96. The highest BCUT2D eigenvalue weighted by molar-refractivity contribution is 6.31. The van der Waals surface area contributed by atoms with Crippen LogP contribution in [-0.4, -0.2) is 11.1 Å². The van der Waals surface area contributed by atoms with Crippen LogP contribution < -0.4 is 10.1 Å². The maximum absolute atomic E-state index is 11.6. The van der Waals surface area contributed by atoms with Crippen molar-refractivity contribution in [3.8, 4) is 11.8 Å². The van der Waals surface area contributed by atoms with Gasteiger partial charge in [0.05, 0.1) is 16.9 Å². The highest BCUT2D eigenvalue weighted by atomic mass is 35.5. The third-order valence-corrected chi connectivity index (χ3v) is 2.44. The maximum atomic E-state index is 11.6. The van der Waals surface area contributed by atoms with Gasteiger partial charge < -0.3 is 4.74 Å². The number of halogens is 1. The topological polar surface area (TPSA) is 75.0 Å². The number of carbonyl (C=O) groups excluding carboxylic acids is 1. The van der Waals surface area contributed by atoms with Crippen molar-refractivity contribution in [3.63, 3.8) is 0 Å². The van der Waals surface area contributed by atoms with Gasteiger partial charge in [0, 0.05) is 0 Å². The van der Waals surface area contributed by atoms with Crippen LogP contribution in [0.2, 0.25) is 5.02 Å². The number of amides is 1. The number of pyridine rings is 1. The summed E-state index contributed by atoms with van der Waals surface area (Å²) in [5, 5.41) is 11.3. The van der Waals surface area contributed by atoms with Crippen LogP contribution in [0, 0.1) is 11.3 Å². The van der Waals surface area contributed by atoms with Crippen molar-refractivity contribution in [2.75, 3.05) is 5.32 Å². The van der Waals surface area contributed by atoms with Gasteiger partial charge in [-0.1, -0.05) is 29.8 Å². The zero-order chi connectivity index (χ0) is 13.7. The molecule has 0 atom stereocenters. The Morgan fingerprint density at radius 3 is 2.74 bits per heavy atom. The predicted molar refractivity (Wildman–Crippen MR) is 70.1 cm³/mol. The number of para-hydroxylation sites is 1. The minimum Gasteiger partial charge on any atom is -0.410 e. The molecule has 0 fully saturated rings. The normalized spacial score (nSPS) is 9.47. The van der Waals surface area contributed by atoms with E-state index in [-0.39, 0.29) is 10.7 Å². The molecule has 6 heteroatoms. The lowest BCUT2D eigenvalue weighted by atomic mass is 10.3. The Labute approximate surface area is 114 Å². The summed E-state index contributed by atoms with van der Waals surface area (Å²) in [6.45, 7) is 0. The lowest BCUT2D eigenvalue weighted by Gasteiger charge is -2.06. The van der Waals surface area contributed by atoms with Crippen LogP contribution in [0.3, 0.4) is 0 Å². The van der Waals surface area contributed by atoms with Gasteiger partial charge in [0.1, 0.15) is 11.8 Å². The molecule has 0 aliphatic heterocycles. The summed E-state index contributed by atoms with van der Waals surface area (Å²) in [5.74, 6) is 0.424. The molecule has 2 aromatic rings. The SMILES string of the molecule is N#Cc1ncc(NC(=O)Oc2ccccc2)cc1Cl. The van der Waals surface area contributed by atoms with Crippen LogP contribution in [0.15, 0.2) is 42.6 Å². The summed E-state index contributed by atoms with van der Waals surface area (Å²) in [6, 6.07) is 11.9. The first-order valence-electron chi connectivity index (χ1n) is 5.28. The largest absolute Gasteiger partial charge is 0.417 e. The molecule has 1 aromatic carbocycles. The number of benzene rings is 1. The van der Waals surface area contributed by atoms with E-state index in [1.165, 1.54) is 12.3 Å². The van der Waals surface area contributed by atoms with Gasteiger partial charge in [0.25, 0.3) is 0 Å². The zero-order valence-corrected chi connectivity index (χ0v) is 10.4. The highest BCUT2D eigenvalue weighted by Gasteiger charge is 2.07. The standard InChI is InChI=1S/C13H8ClN3O2/c14-11-6-9(8-16-12(11)7-15)17-13(18)19-10-4-2-1-3-5-10/h1-6,8H,(H,17,18). The van der Waals surface area contributed by atoms with Crippen LogP contribution in [-0.2, 0) is 0 Å². The molecule has 1 heterocycles. The van der Waals surface area contributed by atoms with Crippen LogP contribution in [0.4, 0.5) is 10.5 Å². The smallest absolute Gasteiger partial charge is 0.410 e. The van der Waals surface area contributed by atoms with E-state index in [0.29, 0.717) is 11.4 Å². The van der Waals surface area contributed by atoms with Crippen molar-refractivity contribution in [2.24, 2.45) is 0 Å². The molecule has 2 rings (SSSR count). The first-order valence-corrected chi connectivity index (χ1v) is 5.66. The van der Waals surface area contributed by atoms with Gasteiger partial charge in [-0.3, -0.25) is 5.32 Å².